The fourth-order valence-corrected chi connectivity index (χ4v) is 2.61. The van der Waals surface area contributed by atoms with Gasteiger partial charge in [0.2, 0.25) is 11.9 Å². The van der Waals surface area contributed by atoms with Gasteiger partial charge in [-0.1, -0.05) is 18.7 Å². The molecule has 8 nitrogen and oxygen atoms in total. The number of nitrogens with two attached hydrogens (primary N) is 1. The Labute approximate surface area is 138 Å². The summed E-state index contributed by atoms with van der Waals surface area (Å²) >= 11 is 1.47. The van der Waals surface area contributed by atoms with Gasteiger partial charge >= 0.3 is 0 Å². The van der Waals surface area contributed by atoms with Crippen LogP contribution in [0.2, 0.25) is 0 Å². The van der Waals surface area contributed by atoms with Crippen LogP contribution in [0.3, 0.4) is 0 Å². The number of nitrogen functional groups attached to an aromatic ring is 1. The van der Waals surface area contributed by atoms with Gasteiger partial charge in [-0.25, -0.2) is 0 Å². The number of ether oxygens (including phenoxy) is 2. The number of hydrogen-bond donors (Lipinski definition) is 2. The number of hydrogen-bond acceptors (Lipinski definition) is 7. The number of benzene rings is 1. The number of nitrogens with zero attached hydrogens (tertiary/aromatic N) is 3. The summed E-state index contributed by atoms with van der Waals surface area (Å²) < 4.78 is 11.9. The zero-order valence-corrected chi connectivity index (χ0v) is 14.0. The van der Waals surface area contributed by atoms with E-state index in [2.05, 4.69) is 15.5 Å². The Morgan fingerprint density at radius 3 is 2.70 bits per heavy atom. The average Bonchev–Trinajstić information content (AvgIpc) is 2.88. The van der Waals surface area contributed by atoms with E-state index < -0.39 is 0 Å². The fourth-order valence-electron chi connectivity index (χ4n) is 1.94. The van der Waals surface area contributed by atoms with E-state index in [9.17, 15) is 4.79 Å². The lowest BCUT2D eigenvalue weighted by Crippen LogP contribution is -2.20. The van der Waals surface area contributed by atoms with E-state index in [0.717, 1.165) is 5.75 Å². The van der Waals surface area contributed by atoms with Crippen LogP contribution < -0.4 is 20.5 Å². The number of rotatable bonds is 7. The molecule has 0 spiro atoms. The van der Waals surface area contributed by atoms with Crippen LogP contribution in [-0.2, 0) is 11.3 Å². The lowest BCUT2D eigenvalue weighted by molar-refractivity contribution is -0.116. The van der Waals surface area contributed by atoms with Gasteiger partial charge in [-0.15, -0.1) is 10.2 Å². The molecule has 0 saturated carbocycles. The average molecular weight is 337 g/mol. The number of anilines is 2. The number of amides is 1. The number of nitrogens with one attached hydrogen (secondary N) is 1. The van der Waals surface area contributed by atoms with Crippen LogP contribution in [0, 0.1) is 0 Å². The maximum absolute atomic E-state index is 12.2. The molecule has 23 heavy (non-hydrogen) atoms. The summed E-state index contributed by atoms with van der Waals surface area (Å²) in [7, 11) is 3.09. The fraction of sp³-hybridized carbons (Fsp3) is 0.357. The first-order valence-electron chi connectivity index (χ1n) is 6.92. The molecule has 1 aromatic heterocycles. The zero-order valence-electron chi connectivity index (χ0n) is 13.2. The van der Waals surface area contributed by atoms with Gasteiger partial charge in [0, 0.05) is 11.8 Å². The molecule has 3 N–H and O–H groups in total. The van der Waals surface area contributed by atoms with Crippen LogP contribution >= 0.6 is 11.8 Å². The highest BCUT2D eigenvalue weighted by atomic mass is 32.2. The van der Waals surface area contributed by atoms with Gasteiger partial charge in [-0.3, -0.25) is 9.36 Å². The summed E-state index contributed by atoms with van der Waals surface area (Å²) in [5.74, 6) is 1.92. The Hall–Kier alpha value is -2.42. The first-order valence-corrected chi connectivity index (χ1v) is 7.91. The highest BCUT2D eigenvalue weighted by Gasteiger charge is 2.14. The summed E-state index contributed by atoms with van der Waals surface area (Å²) in [6, 6.07) is 5.14. The van der Waals surface area contributed by atoms with Crippen LogP contribution in [0.15, 0.2) is 23.4 Å². The molecular formula is C14H19N5O3S. The third-order valence-electron chi connectivity index (χ3n) is 2.99. The number of thioether (sulfide) groups is 1. The van der Waals surface area contributed by atoms with Crippen molar-refractivity contribution in [1.82, 2.24) is 14.8 Å². The first-order chi connectivity index (χ1) is 11.1. The second kappa shape index (κ2) is 7.73. The summed E-state index contributed by atoms with van der Waals surface area (Å²) in [5, 5.41) is 11.2. The predicted molar refractivity (Wildman–Crippen MR) is 89.0 cm³/mol. The molecule has 1 heterocycles. The van der Waals surface area contributed by atoms with Gasteiger partial charge in [0.05, 0.1) is 14.2 Å². The Morgan fingerprint density at radius 1 is 1.30 bits per heavy atom. The van der Waals surface area contributed by atoms with Crippen molar-refractivity contribution in [3.8, 4) is 11.5 Å². The molecule has 0 atom stereocenters. The monoisotopic (exact) mass is 337 g/mol. The summed E-state index contributed by atoms with van der Waals surface area (Å²) in [4.78, 5) is 12.2. The highest BCUT2D eigenvalue weighted by Crippen LogP contribution is 2.29. The number of carbonyl (C=O) groups excluding carboxylic acids is 1. The molecule has 0 aliphatic rings. The maximum Gasteiger partial charge on any atom is 0.244 e. The van der Waals surface area contributed by atoms with E-state index in [1.165, 1.54) is 18.9 Å². The van der Waals surface area contributed by atoms with E-state index in [1.54, 1.807) is 29.9 Å². The molecule has 9 heteroatoms. The van der Waals surface area contributed by atoms with Crippen molar-refractivity contribution in [2.24, 2.45) is 0 Å². The van der Waals surface area contributed by atoms with Gasteiger partial charge in [0.25, 0.3) is 0 Å². The van der Waals surface area contributed by atoms with Gasteiger partial charge in [-0.05, 0) is 17.9 Å². The number of aromatic nitrogens is 3. The predicted octanol–water partition coefficient (Wildman–Crippen LogP) is 1.63. The van der Waals surface area contributed by atoms with E-state index in [4.69, 9.17) is 15.2 Å². The molecule has 0 fully saturated rings. The van der Waals surface area contributed by atoms with Gasteiger partial charge < -0.3 is 20.5 Å². The molecule has 0 unspecified atom stereocenters. The molecule has 2 aromatic rings. The summed E-state index contributed by atoms with van der Waals surface area (Å²) in [5.41, 5.74) is 6.36. The smallest absolute Gasteiger partial charge is 0.244 e. The van der Waals surface area contributed by atoms with Crippen LogP contribution in [0.1, 0.15) is 6.92 Å². The van der Waals surface area contributed by atoms with E-state index >= 15 is 0 Å². The lowest BCUT2D eigenvalue weighted by Gasteiger charge is -2.11. The van der Waals surface area contributed by atoms with Crippen molar-refractivity contribution in [2.45, 2.75) is 18.6 Å². The largest absolute Gasteiger partial charge is 0.493 e. The number of carbonyl (C=O) groups is 1. The van der Waals surface area contributed by atoms with Crippen LogP contribution in [0.4, 0.5) is 11.6 Å². The molecule has 0 bridgehead atoms. The Bertz CT molecular complexity index is 689. The third kappa shape index (κ3) is 4.07. The van der Waals surface area contributed by atoms with Crippen LogP contribution in [0.25, 0.3) is 0 Å². The Balaban J connectivity index is 2.09. The molecule has 0 saturated heterocycles. The maximum atomic E-state index is 12.2. The standard InChI is InChI=1S/C14H19N5O3S/c1-4-23-14-18-17-13(15)19(14)8-12(20)16-9-5-6-10(21-2)11(7-9)22-3/h5-7H,4,8H2,1-3H3,(H2,15,17)(H,16,20). The quantitative estimate of drug-likeness (QED) is 0.740. The van der Waals surface area contributed by atoms with Crippen molar-refractivity contribution >= 4 is 29.3 Å². The van der Waals surface area contributed by atoms with Crippen molar-refractivity contribution < 1.29 is 14.3 Å². The molecule has 1 aromatic carbocycles. The Morgan fingerprint density at radius 2 is 2.04 bits per heavy atom. The molecule has 1 amide bonds. The second-order valence-electron chi connectivity index (χ2n) is 4.48. The molecule has 0 aliphatic carbocycles. The van der Waals surface area contributed by atoms with Gasteiger partial charge in [0.1, 0.15) is 6.54 Å². The minimum Gasteiger partial charge on any atom is -0.493 e. The SMILES string of the molecule is CCSc1nnc(N)n1CC(=O)Nc1ccc(OC)c(OC)c1. The first kappa shape index (κ1) is 16.9. The summed E-state index contributed by atoms with van der Waals surface area (Å²) in [6.07, 6.45) is 0. The highest BCUT2D eigenvalue weighted by molar-refractivity contribution is 7.99. The molecule has 2 rings (SSSR count). The van der Waals surface area contributed by atoms with Crippen LogP contribution in [0.5, 0.6) is 11.5 Å². The van der Waals surface area contributed by atoms with Crippen molar-refractivity contribution in [3.63, 3.8) is 0 Å². The van der Waals surface area contributed by atoms with Crippen molar-refractivity contribution in [2.75, 3.05) is 31.0 Å². The number of methoxy groups -OCH3 is 2. The molecule has 124 valence electrons. The topological polar surface area (TPSA) is 104 Å². The normalized spacial score (nSPS) is 10.4. The Kier molecular flexibility index (Phi) is 5.69. The summed E-state index contributed by atoms with van der Waals surface area (Å²) in [6.45, 7) is 2.03. The van der Waals surface area contributed by atoms with Crippen molar-refractivity contribution in [3.05, 3.63) is 18.2 Å². The van der Waals surface area contributed by atoms with Crippen molar-refractivity contribution in [1.29, 1.82) is 0 Å². The molecule has 0 aliphatic heterocycles. The van der Waals surface area contributed by atoms with E-state index in [0.29, 0.717) is 22.3 Å². The molecule has 0 radical (unpaired) electrons. The van der Waals surface area contributed by atoms with E-state index in [-0.39, 0.29) is 18.4 Å². The van der Waals surface area contributed by atoms with Gasteiger partial charge in [0.15, 0.2) is 16.7 Å². The minimum atomic E-state index is -0.235. The lowest BCUT2D eigenvalue weighted by atomic mass is 10.2. The zero-order chi connectivity index (χ0) is 16.8. The van der Waals surface area contributed by atoms with E-state index in [1.807, 2.05) is 6.92 Å². The van der Waals surface area contributed by atoms with Crippen LogP contribution in [-0.4, -0.2) is 40.6 Å². The molecular weight excluding hydrogens is 318 g/mol. The minimum absolute atomic E-state index is 0.0372. The van der Waals surface area contributed by atoms with Gasteiger partial charge in [-0.2, -0.15) is 0 Å². The second-order valence-corrected chi connectivity index (χ2v) is 5.71. The third-order valence-corrected chi connectivity index (χ3v) is 3.84.